The van der Waals surface area contributed by atoms with Crippen molar-refractivity contribution in [2.24, 2.45) is 5.92 Å². The number of hydrogen-bond donors (Lipinski definition) is 0. The van der Waals surface area contributed by atoms with Crippen molar-refractivity contribution in [1.82, 2.24) is 0 Å². The van der Waals surface area contributed by atoms with Gasteiger partial charge in [0.05, 0.1) is 17.7 Å². The Bertz CT molecular complexity index is 758. The average Bonchev–Trinajstić information content (AvgIpc) is 2.52. The molecule has 0 heterocycles. The molecular formula is C17H20FNO3S. The molecule has 0 atom stereocenters. The highest BCUT2D eigenvalue weighted by Gasteiger charge is 2.27. The minimum absolute atomic E-state index is 0.0467. The number of rotatable bonds is 6. The van der Waals surface area contributed by atoms with Crippen molar-refractivity contribution in [3.8, 4) is 5.75 Å². The summed E-state index contributed by atoms with van der Waals surface area (Å²) in [6.07, 6.45) is 0. The lowest BCUT2D eigenvalue weighted by Crippen LogP contribution is -2.34. The molecule has 0 saturated carbocycles. The average molecular weight is 337 g/mol. The topological polar surface area (TPSA) is 46.6 Å². The maximum absolute atomic E-state index is 13.1. The molecule has 124 valence electrons. The van der Waals surface area contributed by atoms with E-state index in [1.54, 1.807) is 24.3 Å². The normalized spacial score (nSPS) is 11.5. The Kier molecular flexibility index (Phi) is 5.26. The first-order chi connectivity index (χ1) is 10.9. The summed E-state index contributed by atoms with van der Waals surface area (Å²) < 4.78 is 45.7. The number of anilines is 1. The molecule has 0 N–H and O–H groups in total. The van der Waals surface area contributed by atoms with Crippen LogP contribution in [-0.2, 0) is 10.0 Å². The summed E-state index contributed by atoms with van der Waals surface area (Å²) in [7, 11) is -2.31. The van der Waals surface area contributed by atoms with Crippen LogP contribution in [0.2, 0.25) is 0 Å². The minimum atomic E-state index is -3.81. The predicted molar refractivity (Wildman–Crippen MR) is 88.8 cm³/mol. The third kappa shape index (κ3) is 3.82. The summed E-state index contributed by atoms with van der Waals surface area (Å²) in [4.78, 5) is 0.0467. The second-order valence-corrected chi connectivity index (χ2v) is 7.42. The SMILES string of the molecule is COc1ccccc1N(CC(C)C)S(=O)(=O)c1ccc(F)cc1. The van der Waals surface area contributed by atoms with Gasteiger partial charge in [-0.2, -0.15) is 0 Å². The van der Waals surface area contributed by atoms with E-state index >= 15 is 0 Å². The summed E-state index contributed by atoms with van der Waals surface area (Å²) in [6.45, 7) is 4.16. The fourth-order valence-corrected chi connectivity index (χ4v) is 3.87. The van der Waals surface area contributed by atoms with Crippen LogP contribution in [0.3, 0.4) is 0 Å². The second-order valence-electron chi connectivity index (χ2n) is 5.56. The molecule has 0 radical (unpaired) electrons. The first-order valence-electron chi connectivity index (χ1n) is 7.27. The van der Waals surface area contributed by atoms with E-state index in [1.807, 2.05) is 13.8 Å². The number of methoxy groups -OCH3 is 1. The highest BCUT2D eigenvalue weighted by molar-refractivity contribution is 7.92. The maximum Gasteiger partial charge on any atom is 0.264 e. The van der Waals surface area contributed by atoms with Crippen LogP contribution in [0, 0.1) is 11.7 Å². The van der Waals surface area contributed by atoms with Gasteiger partial charge in [0, 0.05) is 6.54 Å². The van der Waals surface area contributed by atoms with Crippen LogP contribution >= 0.6 is 0 Å². The number of sulfonamides is 1. The van der Waals surface area contributed by atoms with Crippen LogP contribution < -0.4 is 9.04 Å². The number of halogens is 1. The number of hydrogen-bond acceptors (Lipinski definition) is 3. The van der Waals surface area contributed by atoms with Crippen LogP contribution in [0.4, 0.5) is 10.1 Å². The number of benzene rings is 2. The Morgan fingerprint density at radius 2 is 1.70 bits per heavy atom. The van der Waals surface area contributed by atoms with Crippen molar-refractivity contribution >= 4 is 15.7 Å². The van der Waals surface area contributed by atoms with E-state index in [4.69, 9.17) is 4.74 Å². The Morgan fingerprint density at radius 1 is 1.09 bits per heavy atom. The van der Waals surface area contributed by atoms with E-state index in [2.05, 4.69) is 0 Å². The molecular weight excluding hydrogens is 317 g/mol. The van der Waals surface area contributed by atoms with Gasteiger partial charge in [0.25, 0.3) is 10.0 Å². The van der Waals surface area contributed by atoms with Gasteiger partial charge in [-0.3, -0.25) is 4.31 Å². The van der Waals surface area contributed by atoms with Crippen molar-refractivity contribution in [3.63, 3.8) is 0 Å². The Hall–Kier alpha value is -2.08. The lowest BCUT2D eigenvalue weighted by molar-refractivity contribution is 0.415. The van der Waals surface area contributed by atoms with Crippen molar-refractivity contribution in [1.29, 1.82) is 0 Å². The molecule has 0 bridgehead atoms. The lowest BCUT2D eigenvalue weighted by Gasteiger charge is -2.27. The molecule has 6 heteroatoms. The number of para-hydroxylation sites is 2. The van der Waals surface area contributed by atoms with Gasteiger partial charge in [-0.25, -0.2) is 12.8 Å². The van der Waals surface area contributed by atoms with Crippen molar-refractivity contribution in [2.45, 2.75) is 18.7 Å². The minimum Gasteiger partial charge on any atom is -0.495 e. The van der Waals surface area contributed by atoms with E-state index < -0.39 is 15.8 Å². The van der Waals surface area contributed by atoms with Crippen LogP contribution in [0.5, 0.6) is 5.75 Å². The van der Waals surface area contributed by atoms with E-state index in [0.29, 0.717) is 18.0 Å². The highest BCUT2D eigenvalue weighted by atomic mass is 32.2. The number of ether oxygens (including phenoxy) is 1. The van der Waals surface area contributed by atoms with E-state index in [-0.39, 0.29) is 10.8 Å². The van der Waals surface area contributed by atoms with Gasteiger partial charge >= 0.3 is 0 Å². The van der Waals surface area contributed by atoms with Gasteiger partial charge in [-0.05, 0) is 42.3 Å². The zero-order chi connectivity index (χ0) is 17.0. The number of nitrogens with zero attached hydrogens (tertiary/aromatic N) is 1. The van der Waals surface area contributed by atoms with E-state index in [9.17, 15) is 12.8 Å². The quantitative estimate of drug-likeness (QED) is 0.808. The lowest BCUT2D eigenvalue weighted by atomic mass is 10.2. The molecule has 0 amide bonds. The fourth-order valence-electron chi connectivity index (χ4n) is 2.23. The molecule has 0 aliphatic heterocycles. The zero-order valence-corrected chi connectivity index (χ0v) is 14.2. The van der Waals surface area contributed by atoms with Crippen LogP contribution in [-0.4, -0.2) is 22.1 Å². The maximum atomic E-state index is 13.1. The summed E-state index contributed by atoms with van der Waals surface area (Å²) in [6, 6.07) is 11.8. The van der Waals surface area contributed by atoms with Crippen LogP contribution in [0.15, 0.2) is 53.4 Å². The van der Waals surface area contributed by atoms with Crippen molar-refractivity contribution in [3.05, 3.63) is 54.3 Å². The van der Waals surface area contributed by atoms with Gasteiger partial charge in [-0.1, -0.05) is 26.0 Å². The molecule has 0 aliphatic rings. The zero-order valence-electron chi connectivity index (χ0n) is 13.4. The third-order valence-electron chi connectivity index (χ3n) is 3.29. The molecule has 0 aromatic heterocycles. The highest BCUT2D eigenvalue weighted by Crippen LogP contribution is 2.32. The molecule has 0 fully saturated rings. The summed E-state index contributed by atoms with van der Waals surface area (Å²) in [5.74, 6) is 0.102. The van der Waals surface area contributed by atoms with Gasteiger partial charge in [0.15, 0.2) is 0 Å². The summed E-state index contributed by atoms with van der Waals surface area (Å²) in [5, 5.41) is 0. The van der Waals surface area contributed by atoms with E-state index in [0.717, 1.165) is 12.1 Å². The fraction of sp³-hybridized carbons (Fsp3) is 0.294. The Labute approximate surface area is 136 Å². The van der Waals surface area contributed by atoms with Gasteiger partial charge in [0.1, 0.15) is 11.6 Å². The Balaban J connectivity index is 2.56. The van der Waals surface area contributed by atoms with E-state index in [1.165, 1.54) is 23.5 Å². The molecule has 0 saturated heterocycles. The smallest absolute Gasteiger partial charge is 0.264 e. The second kappa shape index (κ2) is 7.00. The molecule has 2 rings (SSSR count). The molecule has 23 heavy (non-hydrogen) atoms. The van der Waals surface area contributed by atoms with Crippen molar-refractivity contribution in [2.75, 3.05) is 18.0 Å². The van der Waals surface area contributed by atoms with Gasteiger partial charge in [-0.15, -0.1) is 0 Å². The van der Waals surface area contributed by atoms with Gasteiger partial charge in [0.2, 0.25) is 0 Å². The first-order valence-corrected chi connectivity index (χ1v) is 8.71. The third-order valence-corrected chi connectivity index (χ3v) is 5.08. The largest absolute Gasteiger partial charge is 0.495 e. The monoisotopic (exact) mass is 337 g/mol. The molecule has 0 spiro atoms. The standard InChI is InChI=1S/C17H20FNO3S/c1-13(2)12-19(16-6-4-5-7-17(16)22-3)23(20,21)15-10-8-14(18)9-11-15/h4-11,13H,12H2,1-3H3. The van der Waals surface area contributed by atoms with Crippen LogP contribution in [0.25, 0.3) is 0 Å². The summed E-state index contributed by atoms with van der Waals surface area (Å²) >= 11 is 0. The molecule has 2 aromatic rings. The van der Waals surface area contributed by atoms with Gasteiger partial charge < -0.3 is 4.74 Å². The molecule has 2 aromatic carbocycles. The first kappa shape index (κ1) is 17.3. The van der Waals surface area contributed by atoms with Crippen molar-refractivity contribution < 1.29 is 17.5 Å². The molecule has 4 nitrogen and oxygen atoms in total. The summed E-state index contributed by atoms with van der Waals surface area (Å²) in [5.41, 5.74) is 0.466. The van der Waals surface area contributed by atoms with Crippen LogP contribution in [0.1, 0.15) is 13.8 Å². The molecule has 0 aliphatic carbocycles. The Morgan fingerprint density at radius 3 is 2.26 bits per heavy atom. The predicted octanol–water partition coefficient (Wildman–Crippen LogP) is 3.69. The molecule has 0 unspecified atom stereocenters.